The van der Waals surface area contributed by atoms with Crippen LogP contribution < -0.4 is 0 Å². The number of phenols is 1. The zero-order chi connectivity index (χ0) is 10.8. The first-order valence-corrected chi connectivity index (χ1v) is 4.43. The molecule has 0 aliphatic carbocycles. The van der Waals surface area contributed by atoms with Gasteiger partial charge in [-0.05, 0) is 23.8 Å². The molecule has 1 aromatic carbocycles. The minimum absolute atomic E-state index is 0.186. The molecule has 1 N–H and O–H groups in total. The Balaban J connectivity index is 2.31. The molecular formula is C11H9NO3. The second-order valence-corrected chi connectivity index (χ2v) is 3.14. The summed E-state index contributed by atoms with van der Waals surface area (Å²) in [4.78, 5) is 15.1. The van der Waals surface area contributed by atoms with Crippen LogP contribution in [0.15, 0.2) is 35.0 Å². The van der Waals surface area contributed by atoms with Gasteiger partial charge in [0.1, 0.15) is 5.75 Å². The van der Waals surface area contributed by atoms with Crippen LogP contribution in [0.3, 0.4) is 0 Å². The molecule has 0 fully saturated rings. The van der Waals surface area contributed by atoms with E-state index in [9.17, 15) is 4.79 Å². The zero-order valence-corrected chi connectivity index (χ0v) is 8.10. The highest BCUT2D eigenvalue weighted by molar-refractivity contribution is 6.06. The van der Waals surface area contributed by atoms with E-state index in [0.717, 1.165) is 5.56 Å². The molecule has 1 aliphatic rings. The normalized spacial score (nSPS) is 17.8. The predicted molar refractivity (Wildman–Crippen MR) is 55.3 cm³/mol. The first kappa shape index (κ1) is 9.45. The summed E-state index contributed by atoms with van der Waals surface area (Å²) in [5.41, 5.74) is 1.07. The molecular weight excluding hydrogens is 194 g/mol. The van der Waals surface area contributed by atoms with Crippen molar-refractivity contribution in [1.29, 1.82) is 0 Å². The molecule has 1 heterocycles. The number of esters is 1. The van der Waals surface area contributed by atoms with E-state index in [-0.39, 0.29) is 11.4 Å². The van der Waals surface area contributed by atoms with Gasteiger partial charge in [-0.25, -0.2) is 9.79 Å². The summed E-state index contributed by atoms with van der Waals surface area (Å²) in [7, 11) is 0. The standard InChI is InChI=1S/C11H9NO3/c1-7-12-10(11(14)15-7)6-8-2-4-9(13)5-3-8/h2-6,13H,1H3/b10-6-. The number of rotatable bonds is 1. The average molecular weight is 203 g/mol. The number of carbonyl (C=O) groups excluding carboxylic acids is 1. The Morgan fingerprint density at radius 3 is 2.53 bits per heavy atom. The zero-order valence-electron chi connectivity index (χ0n) is 8.10. The smallest absolute Gasteiger partial charge is 0.363 e. The van der Waals surface area contributed by atoms with E-state index in [1.54, 1.807) is 37.3 Å². The maximum atomic E-state index is 11.2. The Morgan fingerprint density at radius 2 is 2.00 bits per heavy atom. The van der Waals surface area contributed by atoms with Crippen molar-refractivity contribution in [3.8, 4) is 5.75 Å². The molecule has 2 rings (SSSR count). The Morgan fingerprint density at radius 1 is 1.33 bits per heavy atom. The van der Waals surface area contributed by atoms with E-state index in [2.05, 4.69) is 4.99 Å². The van der Waals surface area contributed by atoms with Gasteiger partial charge in [-0.2, -0.15) is 0 Å². The lowest BCUT2D eigenvalue weighted by molar-refractivity contribution is -0.130. The summed E-state index contributed by atoms with van der Waals surface area (Å²) < 4.78 is 4.76. The number of cyclic esters (lactones) is 1. The monoisotopic (exact) mass is 203 g/mol. The van der Waals surface area contributed by atoms with E-state index < -0.39 is 5.97 Å². The van der Waals surface area contributed by atoms with Gasteiger partial charge in [-0.1, -0.05) is 12.1 Å². The molecule has 0 bridgehead atoms. The molecule has 1 aliphatic heterocycles. The quantitative estimate of drug-likeness (QED) is 0.558. The average Bonchev–Trinajstić information content (AvgIpc) is 2.49. The van der Waals surface area contributed by atoms with Crippen molar-refractivity contribution in [1.82, 2.24) is 0 Å². The molecule has 0 atom stereocenters. The highest BCUT2D eigenvalue weighted by Crippen LogP contribution is 2.17. The highest BCUT2D eigenvalue weighted by atomic mass is 16.6. The summed E-state index contributed by atoms with van der Waals surface area (Å²) in [6, 6.07) is 6.48. The minimum Gasteiger partial charge on any atom is -0.508 e. The summed E-state index contributed by atoms with van der Waals surface area (Å²) >= 11 is 0. The Bertz CT molecular complexity index is 457. The van der Waals surface area contributed by atoms with E-state index >= 15 is 0 Å². The lowest BCUT2D eigenvalue weighted by atomic mass is 10.2. The van der Waals surface area contributed by atoms with Crippen LogP contribution in [0.4, 0.5) is 0 Å². The van der Waals surface area contributed by atoms with Crippen molar-refractivity contribution in [2.75, 3.05) is 0 Å². The van der Waals surface area contributed by atoms with Crippen molar-refractivity contribution in [2.45, 2.75) is 6.92 Å². The Hall–Kier alpha value is -2.10. The Kier molecular flexibility index (Phi) is 2.25. The van der Waals surface area contributed by atoms with Crippen LogP contribution in [0, 0.1) is 0 Å². The first-order chi connectivity index (χ1) is 7.15. The molecule has 0 radical (unpaired) electrons. The van der Waals surface area contributed by atoms with Crippen molar-refractivity contribution in [3.63, 3.8) is 0 Å². The van der Waals surface area contributed by atoms with Crippen LogP contribution in [-0.2, 0) is 9.53 Å². The van der Waals surface area contributed by atoms with Crippen LogP contribution in [0.5, 0.6) is 5.75 Å². The molecule has 4 nitrogen and oxygen atoms in total. The molecule has 0 amide bonds. The molecule has 15 heavy (non-hydrogen) atoms. The number of carbonyl (C=O) groups is 1. The third-order valence-corrected chi connectivity index (χ3v) is 1.92. The third kappa shape index (κ3) is 2.04. The highest BCUT2D eigenvalue weighted by Gasteiger charge is 2.19. The molecule has 76 valence electrons. The SMILES string of the molecule is CC1=N/C(=C\c2ccc(O)cc2)C(=O)O1. The number of benzene rings is 1. The van der Waals surface area contributed by atoms with Crippen LogP contribution >= 0.6 is 0 Å². The van der Waals surface area contributed by atoms with Gasteiger partial charge in [0.05, 0.1) is 0 Å². The van der Waals surface area contributed by atoms with Crippen LogP contribution in [0.2, 0.25) is 0 Å². The second kappa shape index (κ2) is 3.57. The lowest BCUT2D eigenvalue weighted by Crippen LogP contribution is -1.99. The lowest BCUT2D eigenvalue weighted by Gasteiger charge is -1.94. The topological polar surface area (TPSA) is 58.9 Å². The molecule has 0 saturated heterocycles. The molecule has 4 heteroatoms. The number of aliphatic imine (C=N–C) groups is 1. The maximum Gasteiger partial charge on any atom is 0.363 e. The predicted octanol–water partition coefficient (Wildman–Crippen LogP) is 1.71. The van der Waals surface area contributed by atoms with Gasteiger partial charge in [-0.15, -0.1) is 0 Å². The fraction of sp³-hybridized carbons (Fsp3) is 0.0909. The van der Waals surface area contributed by atoms with Gasteiger partial charge in [0.25, 0.3) is 0 Å². The molecule has 0 unspecified atom stereocenters. The van der Waals surface area contributed by atoms with Gasteiger partial charge in [-0.3, -0.25) is 0 Å². The van der Waals surface area contributed by atoms with Crippen molar-refractivity contribution in [2.24, 2.45) is 4.99 Å². The minimum atomic E-state index is -0.444. The summed E-state index contributed by atoms with van der Waals surface area (Å²) in [6.07, 6.45) is 1.61. The number of hydrogen-bond acceptors (Lipinski definition) is 4. The summed E-state index contributed by atoms with van der Waals surface area (Å²) in [5, 5.41) is 9.07. The van der Waals surface area contributed by atoms with E-state index in [4.69, 9.17) is 9.84 Å². The number of ether oxygens (including phenoxy) is 1. The maximum absolute atomic E-state index is 11.2. The molecule has 0 spiro atoms. The van der Waals surface area contributed by atoms with Gasteiger partial charge < -0.3 is 9.84 Å². The van der Waals surface area contributed by atoms with Crippen LogP contribution in [0.1, 0.15) is 12.5 Å². The van der Waals surface area contributed by atoms with Crippen molar-refractivity contribution >= 4 is 17.9 Å². The third-order valence-electron chi connectivity index (χ3n) is 1.92. The Labute approximate surface area is 86.5 Å². The molecule has 0 aromatic heterocycles. The fourth-order valence-corrected chi connectivity index (χ4v) is 1.24. The van der Waals surface area contributed by atoms with E-state index in [0.29, 0.717) is 5.90 Å². The molecule has 0 saturated carbocycles. The van der Waals surface area contributed by atoms with E-state index in [1.807, 2.05) is 0 Å². The largest absolute Gasteiger partial charge is 0.508 e. The number of phenolic OH excluding ortho intramolecular Hbond substituents is 1. The van der Waals surface area contributed by atoms with Gasteiger partial charge in [0, 0.05) is 6.92 Å². The van der Waals surface area contributed by atoms with Crippen molar-refractivity contribution in [3.05, 3.63) is 35.5 Å². The number of nitrogens with zero attached hydrogens (tertiary/aromatic N) is 1. The summed E-state index contributed by atoms with van der Waals surface area (Å²) in [6.45, 7) is 1.62. The summed E-state index contributed by atoms with van der Waals surface area (Å²) in [5.74, 6) is 0.0939. The van der Waals surface area contributed by atoms with Crippen LogP contribution in [0.25, 0.3) is 6.08 Å². The van der Waals surface area contributed by atoms with Gasteiger partial charge in [0.2, 0.25) is 0 Å². The first-order valence-electron chi connectivity index (χ1n) is 4.43. The number of hydrogen-bond donors (Lipinski definition) is 1. The van der Waals surface area contributed by atoms with E-state index in [1.165, 1.54) is 0 Å². The van der Waals surface area contributed by atoms with Crippen molar-refractivity contribution < 1.29 is 14.6 Å². The fourth-order valence-electron chi connectivity index (χ4n) is 1.24. The number of aromatic hydroxyl groups is 1. The van der Waals surface area contributed by atoms with Gasteiger partial charge in [0.15, 0.2) is 11.6 Å². The van der Waals surface area contributed by atoms with Crippen LogP contribution in [-0.4, -0.2) is 17.0 Å². The van der Waals surface area contributed by atoms with Gasteiger partial charge >= 0.3 is 5.97 Å². The second-order valence-electron chi connectivity index (χ2n) is 3.14. The molecule has 1 aromatic rings.